The van der Waals surface area contributed by atoms with E-state index in [2.05, 4.69) is 12.2 Å². The van der Waals surface area contributed by atoms with Crippen molar-refractivity contribution in [3.05, 3.63) is 53.0 Å². The Morgan fingerprint density at radius 1 is 1.18 bits per heavy atom. The monoisotopic (exact) mass is 646 g/mol. The van der Waals surface area contributed by atoms with E-state index in [-0.39, 0.29) is 80.5 Å². The van der Waals surface area contributed by atoms with Crippen molar-refractivity contribution in [2.75, 3.05) is 6.79 Å². The van der Waals surface area contributed by atoms with Gasteiger partial charge in [-0.1, -0.05) is 33.8 Å². The molecule has 2 aliphatic rings. The fraction of sp³-hybridized carbons (Fsp3) is 0.560. The Kier molecular flexibility index (Phi) is 12.6. The molecular weight excluding hydrogens is 612 g/mol. The van der Waals surface area contributed by atoms with Crippen LogP contribution in [0.2, 0.25) is 0 Å². The van der Waals surface area contributed by atoms with Crippen LogP contribution in [0, 0.1) is 34.5 Å². The second-order valence-electron chi connectivity index (χ2n) is 10.5. The molecule has 1 amide bonds. The number of fused-ring (bicyclic) bond motifs is 1. The summed E-state index contributed by atoms with van der Waals surface area (Å²) in [6.45, 7) is 14.6. The van der Waals surface area contributed by atoms with E-state index in [1.54, 1.807) is 6.07 Å². The largest absolute Gasteiger partial charge is 0.657 e. The number of carbonyl (C=O) groups is 1. The van der Waals surface area contributed by atoms with Crippen LogP contribution in [0.3, 0.4) is 0 Å². The normalized spacial score (nSPS) is 27.4. The van der Waals surface area contributed by atoms with Gasteiger partial charge in [0.25, 0.3) is 0 Å². The summed E-state index contributed by atoms with van der Waals surface area (Å²) in [7, 11) is 0. The van der Waals surface area contributed by atoms with Crippen molar-refractivity contribution < 1.29 is 90.5 Å². The minimum Gasteiger partial charge on any atom is -0.657 e. The molecule has 0 aromatic heterocycles. The quantitative estimate of drug-likeness (QED) is 0.143. The predicted octanol–water partition coefficient (Wildman–Crippen LogP) is 1.74. The zero-order valence-electron chi connectivity index (χ0n) is 22.0. The van der Waals surface area contributed by atoms with E-state index < -0.39 is 52.8 Å². The molecule has 6 atom stereocenters. The molecule has 1 aliphatic heterocycles. The van der Waals surface area contributed by atoms with Crippen LogP contribution in [0.15, 0.2) is 23.8 Å². The van der Waals surface area contributed by atoms with Gasteiger partial charge in [-0.2, -0.15) is 17.4 Å². The average molecular weight is 646 g/mol. The summed E-state index contributed by atoms with van der Waals surface area (Å²) in [5.74, 6) is -0.592. The molecule has 0 spiro atoms. The summed E-state index contributed by atoms with van der Waals surface area (Å²) in [4.78, 5) is 23.9. The number of nitrogens with zero attached hydrogens (tertiary/aromatic N) is 1. The molecule has 38 heavy (non-hydrogen) atoms. The van der Waals surface area contributed by atoms with Crippen LogP contribution >= 0.6 is 0 Å². The molecule has 2 fully saturated rings. The molecule has 1 saturated carbocycles. The maximum absolute atomic E-state index is 12.8. The summed E-state index contributed by atoms with van der Waals surface area (Å²) >= 11 is 0. The Balaban J connectivity index is 0.00000361. The van der Waals surface area contributed by atoms with Crippen LogP contribution in [0.1, 0.15) is 40.2 Å². The number of nitro benzene ring substituents is 1. The maximum Gasteiger partial charge on any atom is 0.308 e. The van der Waals surface area contributed by atoms with Gasteiger partial charge in [-0.3, -0.25) is 14.9 Å². The number of nitrogens with one attached hydrogen (secondary N) is 1. The minimum atomic E-state index is -1.49. The molecule has 208 valence electrons. The van der Waals surface area contributed by atoms with Crippen LogP contribution in [-0.4, -0.2) is 69.5 Å². The second-order valence-corrected chi connectivity index (χ2v) is 10.5. The number of amides is 1. The Labute approximate surface area is 259 Å². The Morgan fingerprint density at radius 3 is 2.32 bits per heavy atom. The van der Waals surface area contributed by atoms with Gasteiger partial charge in [-0.15, -0.1) is 0 Å². The Morgan fingerprint density at radius 2 is 1.76 bits per heavy atom. The molecule has 1 aromatic rings. The molecule has 11 nitrogen and oxygen atoms in total. The van der Waals surface area contributed by atoms with Crippen molar-refractivity contribution in [1.29, 1.82) is 0 Å². The fourth-order valence-corrected chi connectivity index (χ4v) is 3.77. The van der Waals surface area contributed by atoms with Crippen LogP contribution in [0.4, 0.5) is 5.69 Å². The topological polar surface area (TPSA) is 161 Å². The third-order valence-corrected chi connectivity index (χ3v) is 7.05. The van der Waals surface area contributed by atoms with Gasteiger partial charge in [0.15, 0.2) is 5.75 Å². The van der Waals surface area contributed by atoms with Crippen molar-refractivity contribution in [3.8, 4) is 5.75 Å². The molecule has 1 saturated heterocycles. The van der Waals surface area contributed by atoms with Gasteiger partial charge >= 0.3 is 5.69 Å². The predicted molar refractivity (Wildman–Crippen MR) is 129 cm³/mol. The fourth-order valence-electron chi connectivity index (χ4n) is 3.77. The summed E-state index contributed by atoms with van der Waals surface area (Å²) < 4.78 is 16.1. The third-order valence-electron chi connectivity index (χ3n) is 7.05. The molecule has 1 aliphatic carbocycles. The van der Waals surface area contributed by atoms with Crippen molar-refractivity contribution in [2.24, 2.45) is 10.8 Å². The molecule has 0 bridgehead atoms. The summed E-state index contributed by atoms with van der Waals surface area (Å²) in [6, 6.07) is 3.09. The minimum absolute atomic E-state index is 0. The van der Waals surface area contributed by atoms with Crippen LogP contribution in [-0.2, 0) is 65.5 Å². The van der Waals surface area contributed by atoms with Crippen LogP contribution < -0.4 is 10.1 Å². The summed E-state index contributed by atoms with van der Waals surface area (Å²) in [6.07, 6.45) is -4.53. The number of carbonyl (C=O) groups excluding carboxylic acids is 1. The molecular formula is C25H34N2O9VY-2. The van der Waals surface area contributed by atoms with E-state index in [9.17, 15) is 30.2 Å². The van der Waals surface area contributed by atoms with E-state index in [1.807, 2.05) is 27.7 Å². The number of nitro groups is 1. The Hall–Kier alpha value is -0.882. The number of aliphatic hydroxyl groups excluding tert-OH is 3. The molecule has 1 unspecified atom stereocenters. The number of ether oxygens (including phenoxy) is 3. The van der Waals surface area contributed by atoms with Crippen molar-refractivity contribution >= 4 is 17.7 Å². The van der Waals surface area contributed by atoms with Crippen molar-refractivity contribution in [3.63, 3.8) is 0 Å². The average Bonchev–Trinajstić information content (AvgIpc) is 3.29. The molecule has 1 heterocycles. The van der Waals surface area contributed by atoms with Gasteiger partial charge in [0.1, 0.15) is 37.3 Å². The van der Waals surface area contributed by atoms with E-state index >= 15 is 0 Å². The molecule has 1 aromatic carbocycles. The number of rotatable bonds is 8. The maximum atomic E-state index is 12.8. The van der Waals surface area contributed by atoms with Gasteiger partial charge in [0.05, 0.1) is 11.0 Å². The molecule has 2 radical (unpaired) electrons. The standard InChI is InChI=1S/C25H34N2O9.V.Y/c1-13(23(31)26-17-18(28)20(30)22-21(19(17)29)35-12-36-22)9-14-7-8-16(15(10-14)27(32)33)34-11-25(5,6)24(2,3)4;;/h7-11,17-22,28-30H,2,12H2,1,3-6H3,(H,26,31);;/q-2;;/b13-9+;;/t17?,18-,19+,20+,21-,22+;;/m0../s1. The SMILES string of the molecule is [CH2-]C(C)(C)C(C)(C)[CH-]Oc1ccc(/C=C(\C)C(=O)NC2[C@@H](O)[C@@H]3OCO[C@@H]3[C@H](O)[C@H]2O)cc1[N+](=O)[O-].[V].[Y]. The zero-order valence-corrected chi connectivity index (χ0v) is 26.3. The van der Waals surface area contributed by atoms with Gasteiger partial charge in [0.2, 0.25) is 5.91 Å². The van der Waals surface area contributed by atoms with Gasteiger partial charge in [0, 0.05) is 62.9 Å². The first-order valence-corrected chi connectivity index (χ1v) is 11.6. The summed E-state index contributed by atoms with van der Waals surface area (Å²) in [5, 5.41) is 45.3. The number of benzene rings is 1. The zero-order chi connectivity index (χ0) is 27.0. The first-order chi connectivity index (χ1) is 16.6. The van der Waals surface area contributed by atoms with Gasteiger partial charge in [-0.25, -0.2) is 0 Å². The molecule has 13 heteroatoms. The smallest absolute Gasteiger partial charge is 0.308 e. The van der Waals surface area contributed by atoms with E-state index in [0.29, 0.717) is 5.56 Å². The Bertz CT molecular complexity index is 1030. The van der Waals surface area contributed by atoms with Crippen LogP contribution in [0.5, 0.6) is 5.75 Å². The van der Waals surface area contributed by atoms with E-state index in [4.69, 9.17) is 14.2 Å². The van der Waals surface area contributed by atoms with Gasteiger partial charge < -0.3 is 41.8 Å². The first kappa shape index (κ1) is 35.1. The molecule has 3 rings (SSSR count). The second kappa shape index (κ2) is 13.7. The van der Waals surface area contributed by atoms with Gasteiger partial charge in [-0.05, 0) is 24.6 Å². The van der Waals surface area contributed by atoms with Crippen molar-refractivity contribution in [1.82, 2.24) is 5.32 Å². The number of hydrogen-bond donors (Lipinski definition) is 4. The van der Waals surface area contributed by atoms with Crippen molar-refractivity contribution in [2.45, 2.75) is 71.2 Å². The number of aliphatic hydroxyl groups is 3. The third kappa shape index (κ3) is 7.65. The van der Waals surface area contributed by atoms with E-state index in [0.717, 1.165) is 0 Å². The first-order valence-electron chi connectivity index (χ1n) is 11.6. The molecule has 4 N–H and O–H groups in total. The van der Waals surface area contributed by atoms with Crippen LogP contribution in [0.25, 0.3) is 6.08 Å². The summed E-state index contributed by atoms with van der Waals surface area (Å²) in [5.41, 5.74) is -0.620. The van der Waals surface area contributed by atoms with E-state index in [1.165, 1.54) is 31.7 Å². The number of hydrogen-bond acceptors (Lipinski definition) is 9.